The van der Waals surface area contributed by atoms with Crippen LogP contribution in [0.5, 0.6) is 0 Å². The van der Waals surface area contributed by atoms with Crippen molar-refractivity contribution >= 4 is 38.6 Å². The number of nitrogens with two attached hydrogens (primary N) is 1. The van der Waals surface area contributed by atoms with Gasteiger partial charge in [0.05, 0.1) is 15.2 Å². The molecule has 0 aliphatic heterocycles. The maximum absolute atomic E-state index is 13.4. The molecule has 0 saturated carbocycles. The fourth-order valence-corrected chi connectivity index (χ4v) is 3.21. The lowest BCUT2D eigenvalue weighted by atomic mass is 10.2. The number of nitrogen functional groups attached to an aromatic ring is 1. The van der Waals surface area contributed by atoms with Gasteiger partial charge in [-0.2, -0.15) is 0 Å². The Labute approximate surface area is 118 Å². The normalized spacial score (nSPS) is 10.6. The predicted molar refractivity (Wildman–Crippen MR) is 79.8 cm³/mol. The highest BCUT2D eigenvalue weighted by atomic mass is 79.9. The van der Waals surface area contributed by atoms with Crippen LogP contribution in [0, 0.1) is 5.82 Å². The lowest BCUT2D eigenvalue weighted by molar-refractivity contribution is 0.632. The van der Waals surface area contributed by atoms with E-state index in [-0.39, 0.29) is 11.5 Å². The molecule has 1 aromatic carbocycles. The Morgan fingerprint density at radius 3 is 2.78 bits per heavy atom. The average molecular weight is 329 g/mol. The molecule has 0 aliphatic carbocycles. The number of rotatable bonds is 4. The molecule has 0 atom stereocenters. The van der Waals surface area contributed by atoms with Gasteiger partial charge in [-0.15, -0.1) is 11.3 Å². The van der Waals surface area contributed by atoms with Crippen LogP contribution in [0.1, 0.15) is 4.88 Å². The summed E-state index contributed by atoms with van der Waals surface area (Å²) >= 11 is 5.16. The molecule has 96 valence electrons. The second-order valence-electron chi connectivity index (χ2n) is 4.05. The monoisotopic (exact) mass is 328 g/mol. The van der Waals surface area contributed by atoms with Crippen LogP contribution >= 0.6 is 27.3 Å². The summed E-state index contributed by atoms with van der Waals surface area (Å²) in [5, 5.41) is 0. The van der Waals surface area contributed by atoms with Crippen molar-refractivity contribution in [3.8, 4) is 0 Å². The summed E-state index contributed by atoms with van der Waals surface area (Å²) < 4.78 is 14.5. The Morgan fingerprint density at radius 2 is 2.11 bits per heavy atom. The number of thiophene rings is 1. The molecule has 0 radical (unpaired) electrons. The molecule has 2 N–H and O–H groups in total. The van der Waals surface area contributed by atoms with Gasteiger partial charge in [0.25, 0.3) is 0 Å². The van der Waals surface area contributed by atoms with Crippen molar-refractivity contribution in [2.24, 2.45) is 0 Å². The fraction of sp³-hybridized carbons (Fsp3) is 0.231. The SMILES string of the molecule is CN(CCc1ccc(Br)s1)c1cccc(F)c1N. The molecule has 0 spiro atoms. The van der Waals surface area contributed by atoms with E-state index in [2.05, 4.69) is 22.0 Å². The summed E-state index contributed by atoms with van der Waals surface area (Å²) in [7, 11) is 1.92. The Bertz CT molecular complexity index is 542. The second-order valence-corrected chi connectivity index (χ2v) is 6.60. The quantitative estimate of drug-likeness (QED) is 0.862. The van der Waals surface area contributed by atoms with E-state index < -0.39 is 0 Å². The maximum Gasteiger partial charge on any atom is 0.148 e. The van der Waals surface area contributed by atoms with Crippen LogP contribution in [-0.4, -0.2) is 13.6 Å². The highest BCUT2D eigenvalue weighted by Gasteiger charge is 2.09. The lowest BCUT2D eigenvalue weighted by Gasteiger charge is -2.20. The molecule has 0 aliphatic rings. The first-order valence-electron chi connectivity index (χ1n) is 5.57. The van der Waals surface area contributed by atoms with Gasteiger partial charge in [-0.25, -0.2) is 4.39 Å². The highest BCUT2D eigenvalue weighted by molar-refractivity contribution is 9.11. The third-order valence-corrected chi connectivity index (χ3v) is 4.45. The molecule has 0 amide bonds. The van der Waals surface area contributed by atoms with Gasteiger partial charge >= 0.3 is 0 Å². The largest absolute Gasteiger partial charge is 0.395 e. The molecule has 5 heteroatoms. The van der Waals surface area contributed by atoms with E-state index in [1.807, 2.05) is 24.1 Å². The lowest BCUT2D eigenvalue weighted by Crippen LogP contribution is -2.21. The van der Waals surface area contributed by atoms with Crippen LogP contribution in [0.3, 0.4) is 0 Å². The van der Waals surface area contributed by atoms with E-state index in [0.717, 1.165) is 22.4 Å². The van der Waals surface area contributed by atoms with Gasteiger partial charge in [0.15, 0.2) is 0 Å². The Kier molecular flexibility index (Phi) is 4.24. The van der Waals surface area contributed by atoms with Crippen molar-refractivity contribution in [2.45, 2.75) is 6.42 Å². The van der Waals surface area contributed by atoms with Crippen LogP contribution in [-0.2, 0) is 6.42 Å². The zero-order valence-electron chi connectivity index (χ0n) is 9.99. The van der Waals surface area contributed by atoms with Gasteiger partial charge < -0.3 is 10.6 Å². The summed E-state index contributed by atoms with van der Waals surface area (Å²) in [5.74, 6) is -0.363. The number of benzene rings is 1. The first kappa shape index (κ1) is 13.4. The number of halogens is 2. The third kappa shape index (κ3) is 3.03. The predicted octanol–water partition coefficient (Wildman–Crippen LogP) is 3.91. The first-order valence-corrected chi connectivity index (χ1v) is 7.18. The van der Waals surface area contributed by atoms with Crippen molar-refractivity contribution in [1.82, 2.24) is 0 Å². The van der Waals surface area contributed by atoms with E-state index >= 15 is 0 Å². The van der Waals surface area contributed by atoms with E-state index in [1.165, 1.54) is 10.9 Å². The summed E-state index contributed by atoms with van der Waals surface area (Å²) in [5.41, 5.74) is 6.69. The Balaban J connectivity index is 2.03. The molecule has 2 aromatic rings. The van der Waals surface area contributed by atoms with E-state index in [0.29, 0.717) is 0 Å². The molecule has 2 rings (SSSR count). The van der Waals surface area contributed by atoms with Crippen molar-refractivity contribution in [3.63, 3.8) is 0 Å². The average Bonchev–Trinajstić information content (AvgIpc) is 2.76. The molecular formula is C13H14BrFN2S. The summed E-state index contributed by atoms with van der Waals surface area (Å²) in [6, 6.07) is 9.03. The molecule has 0 unspecified atom stereocenters. The van der Waals surface area contributed by atoms with Gasteiger partial charge in [0.2, 0.25) is 0 Å². The van der Waals surface area contributed by atoms with Crippen molar-refractivity contribution in [2.75, 3.05) is 24.2 Å². The van der Waals surface area contributed by atoms with Gasteiger partial charge in [-0.3, -0.25) is 0 Å². The minimum atomic E-state index is -0.363. The Morgan fingerprint density at radius 1 is 1.33 bits per heavy atom. The standard InChI is InChI=1S/C13H14BrFN2S/c1-17(8-7-9-5-6-12(14)18-9)11-4-2-3-10(15)13(11)16/h2-6H,7-8,16H2,1H3. The maximum atomic E-state index is 13.4. The zero-order chi connectivity index (χ0) is 13.1. The van der Waals surface area contributed by atoms with E-state index in [1.54, 1.807) is 17.4 Å². The minimum Gasteiger partial charge on any atom is -0.395 e. The fourth-order valence-electron chi connectivity index (χ4n) is 1.74. The van der Waals surface area contributed by atoms with Gasteiger partial charge in [0, 0.05) is 18.5 Å². The molecule has 0 saturated heterocycles. The zero-order valence-corrected chi connectivity index (χ0v) is 12.4. The third-order valence-electron chi connectivity index (χ3n) is 2.76. The van der Waals surface area contributed by atoms with Crippen LogP contribution in [0.15, 0.2) is 34.1 Å². The van der Waals surface area contributed by atoms with Crippen molar-refractivity contribution in [3.05, 3.63) is 44.8 Å². The summed E-state index contributed by atoms with van der Waals surface area (Å²) in [6.07, 6.45) is 0.919. The van der Waals surface area contributed by atoms with Crippen LogP contribution in [0.2, 0.25) is 0 Å². The number of anilines is 2. The number of likely N-dealkylation sites (N-methyl/N-ethyl adjacent to an activating group) is 1. The number of para-hydroxylation sites is 1. The van der Waals surface area contributed by atoms with Crippen molar-refractivity contribution in [1.29, 1.82) is 0 Å². The molecule has 18 heavy (non-hydrogen) atoms. The molecule has 1 heterocycles. The summed E-state index contributed by atoms with van der Waals surface area (Å²) in [6.45, 7) is 0.806. The van der Waals surface area contributed by atoms with Crippen LogP contribution < -0.4 is 10.6 Å². The van der Waals surface area contributed by atoms with E-state index in [9.17, 15) is 4.39 Å². The second kappa shape index (κ2) is 5.71. The smallest absolute Gasteiger partial charge is 0.148 e. The molecule has 1 aromatic heterocycles. The first-order chi connectivity index (χ1) is 8.58. The topological polar surface area (TPSA) is 29.3 Å². The molecular weight excluding hydrogens is 315 g/mol. The van der Waals surface area contributed by atoms with E-state index in [4.69, 9.17) is 5.73 Å². The number of hydrogen-bond acceptors (Lipinski definition) is 3. The van der Waals surface area contributed by atoms with Crippen LogP contribution in [0.4, 0.5) is 15.8 Å². The van der Waals surface area contributed by atoms with Crippen molar-refractivity contribution < 1.29 is 4.39 Å². The molecule has 2 nitrogen and oxygen atoms in total. The number of hydrogen-bond donors (Lipinski definition) is 1. The van der Waals surface area contributed by atoms with Gasteiger partial charge in [-0.1, -0.05) is 6.07 Å². The molecule has 0 fully saturated rings. The Hall–Kier alpha value is -1.07. The van der Waals surface area contributed by atoms with Gasteiger partial charge in [0.1, 0.15) is 5.82 Å². The van der Waals surface area contributed by atoms with Crippen LogP contribution in [0.25, 0.3) is 0 Å². The summed E-state index contributed by atoms with van der Waals surface area (Å²) in [4.78, 5) is 3.27. The minimum absolute atomic E-state index is 0.215. The highest BCUT2D eigenvalue weighted by Crippen LogP contribution is 2.26. The molecule has 0 bridgehead atoms. The van der Waals surface area contributed by atoms with Gasteiger partial charge in [-0.05, 0) is 46.6 Å². The number of nitrogens with zero attached hydrogens (tertiary/aromatic N) is 1.